The van der Waals surface area contributed by atoms with Gasteiger partial charge in [-0.3, -0.25) is 0 Å². The second-order valence-electron chi connectivity index (χ2n) is 10.4. The molecule has 1 aromatic carbocycles. The van der Waals surface area contributed by atoms with Gasteiger partial charge in [0.25, 0.3) is 0 Å². The fourth-order valence-corrected chi connectivity index (χ4v) is 3.10. The van der Waals surface area contributed by atoms with Crippen LogP contribution in [0.15, 0.2) is 24.3 Å². The molecule has 0 N–H and O–H groups in total. The summed E-state index contributed by atoms with van der Waals surface area (Å²) in [4.78, 5) is 0. The quantitative estimate of drug-likeness (QED) is 0.560. The standard InChI is InChI=1S/C26H44O7/c1-25(2,3)23-19-30-16-15-28-12-11-27-13-14-29-17-18-31-21-9-7-8-10-22(21)32-20-24(33-23)26(4,5)6/h7-10,23-24H,11-20H2,1-6H3. The summed E-state index contributed by atoms with van der Waals surface area (Å²) < 4.78 is 41.4. The van der Waals surface area contributed by atoms with Gasteiger partial charge < -0.3 is 33.2 Å². The normalized spacial score (nSPS) is 23.9. The Kier molecular flexibility index (Phi) is 11.9. The summed E-state index contributed by atoms with van der Waals surface area (Å²) in [5, 5.41) is 0. The third-order valence-electron chi connectivity index (χ3n) is 5.37. The van der Waals surface area contributed by atoms with Crippen LogP contribution >= 0.6 is 0 Å². The Labute approximate surface area is 200 Å². The number of hydrogen-bond acceptors (Lipinski definition) is 7. The first kappa shape index (κ1) is 27.9. The molecule has 1 aliphatic heterocycles. The van der Waals surface area contributed by atoms with Crippen LogP contribution in [0.2, 0.25) is 0 Å². The van der Waals surface area contributed by atoms with Crippen molar-refractivity contribution in [2.75, 3.05) is 66.1 Å². The lowest BCUT2D eigenvalue weighted by atomic mass is 9.86. The average Bonchev–Trinajstić information content (AvgIpc) is 2.73. The molecule has 2 atom stereocenters. The number of rotatable bonds is 0. The van der Waals surface area contributed by atoms with E-state index in [4.69, 9.17) is 33.2 Å². The summed E-state index contributed by atoms with van der Waals surface area (Å²) in [5.41, 5.74) is -0.208. The van der Waals surface area contributed by atoms with Crippen molar-refractivity contribution in [3.8, 4) is 11.5 Å². The highest BCUT2D eigenvalue weighted by atomic mass is 16.6. The second kappa shape index (κ2) is 14.1. The molecule has 1 heterocycles. The maximum absolute atomic E-state index is 6.62. The Hall–Kier alpha value is -1.38. The zero-order valence-corrected chi connectivity index (χ0v) is 21.4. The number of ether oxygens (including phenoxy) is 7. The molecular formula is C26H44O7. The van der Waals surface area contributed by atoms with Crippen LogP contribution < -0.4 is 9.47 Å². The van der Waals surface area contributed by atoms with Crippen molar-refractivity contribution < 1.29 is 33.2 Å². The predicted molar refractivity (Wildman–Crippen MR) is 128 cm³/mol. The first-order valence-electron chi connectivity index (χ1n) is 12.0. The summed E-state index contributed by atoms with van der Waals surface area (Å²) in [6.07, 6.45) is -0.226. The van der Waals surface area contributed by atoms with E-state index in [9.17, 15) is 0 Å². The Bertz CT molecular complexity index is 651. The molecule has 0 saturated heterocycles. The predicted octanol–water partition coefficient (Wildman–Crippen LogP) is 4.37. The molecule has 0 saturated carbocycles. The molecular weight excluding hydrogens is 424 g/mol. The molecule has 7 heteroatoms. The van der Waals surface area contributed by atoms with Crippen LogP contribution in [0.25, 0.3) is 0 Å². The van der Waals surface area contributed by atoms with Gasteiger partial charge in [0, 0.05) is 0 Å². The lowest BCUT2D eigenvalue weighted by Crippen LogP contribution is -2.44. The lowest BCUT2D eigenvalue weighted by molar-refractivity contribution is -0.146. The second-order valence-corrected chi connectivity index (χ2v) is 10.4. The number of benzene rings is 1. The minimum atomic E-state index is -0.135. The van der Waals surface area contributed by atoms with Gasteiger partial charge in [-0.2, -0.15) is 0 Å². The average molecular weight is 469 g/mol. The van der Waals surface area contributed by atoms with Gasteiger partial charge in [0.05, 0.1) is 65.1 Å². The van der Waals surface area contributed by atoms with Crippen LogP contribution in [-0.2, 0) is 23.7 Å². The monoisotopic (exact) mass is 468 g/mol. The maximum Gasteiger partial charge on any atom is 0.161 e. The van der Waals surface area contributed by atoms with E-state index in [1.54, 1.807) is 0 Å². The largest absolute Gasteiger partial charge is 0.487 e. The summed E-state index contributed by atoms with van der Waals surface area (Å²) in [7, 11) is 0. The Morgan fingerprint density at radius 2 is 0.970 bits per heavy atom. The van der Waals surface area contributed by atoms with Crippen molar-refractivity contribution in [3.05, 3.63) is 24.3 Å². The molecule has 0 amide bonds. The molecule has 0 bridgehead atoms. The van der Waals surface area contributed by atoms with E-state index in [1.165, 1.54) is 0 Å². The molecule has 1 aliphatic rings. The Morgan fingerprint density at radius 1 is 0.545 bits per heavy atom. The van der Waals surface area contributed by atoms with Crippen LogP contribution in [0.4, 0.5) is 0 Å². The maximum atomic E-state index is 6.62. The fraction of sp³-hybridized carbons (Fsp3) is 0.769. The molecule has 190 valence electrons. The zero-order chi connectivity index (χ0) is 24.2. The number of fused-ring (bicyclic) bond motifs is 1. The molecule has 0 aromatic heterocycles. The lowest BCUT2D eigenvalue weighted by Gasteiger charge is -2.38. The van der Waals surface area contributed by atoms with E-state index in [0.717, 1.165) is 0 Å². The molecule has 1 aromatic rings. The minimum absolute atomic E-state index is 0.0888. The van der Waals surface area contributed by atoms with E-state index >= 15 is 0 Å². The van der Waals surface area contributed by atoms with Crippen molar-refractivity contribution >= 4 is 0 Å². The van der Waals surface area contributed by atoms with Gasteiger partial charge in [-0.25, -0.2) is 0 Å². The van der Waals surface area contributed by atoms with Crippen LogP contribution in [0, 0.1) is 10.8 Å². The summed E-state index contributed by atoms with van der Waals surface area (Å²) in [6.45, 7) is 18.0. The van der Waals surface area contributed by atoms with Gasteiger partial charge >= 0.3 is 0 Å². The molecule has 2 unspecified atom stereocenters. The molecule has 0 aliphatic carbocycles. The van der Waals surface area contributed by atoms with Crippen molar-refractivity contribution in [2.24, 2.45) is 10.8 Å². The summed E-state index contributed by atoms with van der Waals surface area (Å²) in [5.74, 6) is 1.40. The van der Waals surface area contributed by atoms with E-state index in [1.807, 2.05) is 24.3 Å². The summed E-state index contributed by atoms with van der Waals surface area (Å²) >= 11 is 0. The topological polar surface area (TPSA) is 64.6 Å². The van der Waals surface area contributed by atoms with Gasteiger partial charge in [-0.15, -0.1) is 0 Å². The van der Waals surface area contributed by atoms with Crippen LogP contribution in [0.3, 0.4) is 0 Å². The molecule has 7 nitrogen and oxygen atoms in total. The third kappa shape index (κ3) is 11.1. The number of para-hydroxylation sites is 2. The van der Waals surface area contributed by atoms with Gasteiger partial charge in [-0.05, 0) is 23.0 Å². The Morgan fingerprint density at radius 3 is 1.48 bits per heavy atom. The molecule has 0 radical (unpaired) electrons. The van der Waals surface area contributed by atoms with Crippen LogP contribution in [0.1, 0.15) is 41.5 Å². The SMILES string of the molecule is CC(C)(C)C1COCCOCCOCCOCCOc2ccccc2OCC(C(C)(C)C)O1. The van der Waals surface area contributed by atoms with Crippen LogP contribution in [0.5, 0.6) is 11.5 Å². The summed E-state index contributed by atoms with van der Waals surface area (Å²) in [6, 6.07) is 7.71. The van der Waals surface area contributed by atoms with Gasteiger partial charge in [-0.1, -0.05) is 53.7 Å². The number of hydrogen-bond donors (Lipinski definition) is 0. The highest BCUT2D eigenvalue weighted by molar-refractivity contribution is 5.39. The van der Waals surface area contributed by atoms with Crippen LogP contribution in [-0.4, -0.2) is 78.3 Å². The first-order valence-corrected chi connectivity index (χ1v) is 12.0. The van der Waals surface area contributed by atoms with Crippen molar-refractivity contribution in [1.82, 2.24) is 0 Å². The first-order chi connectivity index (χ1) is 15.7. The van der Waals surface area contributed by atoms with E-state index in [0.29, 0.717) is 77.6 Å². The van der Waals surface area contributed by atoms with E-state index < -0.39 is 0 Å². The highest BCUT2D eigenvalue weighted by Crippen LogP contribution is 2.32. The van der Waals surface area contributed by atoms with Gasteiger partial charge in [0.15, 0.2) is 11.5 Å². The molecule has 33 heavy (non-hydrogen) atoms. The minimum Gasteiger partial charge on any atom is -0.487 e. The van der Waals surface area contributed by atoms with Crippen molar-refractivity contribution in [2.45, 2.75) is 53.8 Å². The third-order valence-corrected chi connectivity index (χ3v) is 5.37. The Balaban J connectivity index is 2.11. The fourth-order valence-electron chi connectivity index (χ4n) is 3.10. The van der Waals surface area contributed by atoms with E-state index in [2.05, 4.69) is 41.5 Å². The smallest absolute Gasteiger partial charge is 0.161 e. The zero-order valence-electron chi connectivity index (χ0n) is 21.4. The van der Waals surface area contributed by atoms with Crippen molar-refractivity contribution in [3.63, 3.8) is 0 Å². The van der Waals surface area contributed by atoms with Gasteiger partial charge in [0.2, 0.25) is 0 Å². The molecule has 2 rings (SSSR count). The molecule has 0 fully saturated rings. The van der Waals surface area contributed by atoms with E-state index in [-0.39, 0.29) is 23.0 Å². The molecule has 0 spiro atoms. The van der Waals surface area contributed by atoms with Crippen molar-refractivity contribution in [1.29, 1.82) is 0 Å². The highest BCUT2D eigenvalue weighted by Gasteiger charge is 2.34. The van der Waals surface area contributed by atoms with Gasteiger partial charge in [0.1, 0.15) is 13.2 Å².